The van der Waals surface area contributed by atoms with Gasteiger partial charge in [-0.3, -0.25) is 0 Å². The number of aryl methyl sites for hydroxylation is 1. The average molecular weight is 268 g/mol. The van der Waals surface area contributed by atoms with E-state index in [2.05, 4.69) is 15.5 Å². The van der Waals surface area contributed by atoms with Crippen molar-refractivity contribution in [2.75, 3.05) is 5.32 Å². The van der Waals surface area contributed by atoms with Crippen LogP contribution in [0.25, 0.3) is 0 Å². The molecule has 0 aromatic carbocycles. The minimum atomic E-state index is -1.07. The van der Waals surface area contributed by atoms with Crippen LogP contribution in [-0.2, 0) is 6.54 Å². The normalized spacial score (nSPS) is 10.3. The smallest absolute Gasteiger partial charge is 0.339 e. The molecule has 2 heterocycles. The lowest BCUT2D eigenvalue weighted by atomic mass is 10.2. The van der Waals surface area contributed by atoms with E-state index >= 15 is 0 Å². The average Bonchev–Trinajstić information content (AvgIpc) is 2.72. The van der Waals surface area contributed by atoms with Crippen molar-refractivity contribution in [3.63, 3.8) is 0 Å². The minimum Gasteiger partial charge on any atom is -0.478 e. The van der Waals surface area contributed by atoms with Crippen LogP contribution >= 0.6 is 11.6 Å². The molecule has 0 aliphatic rings. The summed E-state index contributed by atoms with van der Waals surface area (Å²) in [5.74, 6) is -0.287. The number of carboxylic acid groups (broad SMARTS) is 1. The van der Waals surface area contributed by atoms with E-state index in [1.165, 1.54) is 12.1 Å². The minimum absolute atomic E-state index is 0.0515. The molecule has 2 rings (SSSR count). The van der Waals surface area contributed by atoms with Gasteiger partial charge >= 0.3 is 5.97 Å². The van der Waals surface area contributed by atoms with Gasteiger partial charge in [-0.1, -0.05) is 16.8 Å². The molecule has 0 radical (unpaired) electrons. The van der Waals surface area contributed by atoms with Crippen molar-refractivity contribution in [3.8, 4) is 0 Å². The largest absolute Gasteiger partial charge is 0.478 e. The predicted molar refractivity (Wildman–Crippen MR) is 64.8 cm³/mol. The Morgan fingerprint density at radius 1 is 1.56 bits per heavy atom. The molecule has 0 aliphatic carbocycles. The maximum absolute atomic E-state index is 11.0. The second-order valence-electron chi connectivity index (χ2n) is 3.62. The number of aromatic nitrogens is 2. The van der Waals surface area contributed by atoms with Gasteiger partial charge in [-0.15, -0.1) is 0 Å². The first kappa shape index (κ1) is 12.4. The molecule has 0 unspecified atom stereocenters. The second-order valence-corrected chi connectivity index (χ2v) is 4.01. The van der Waals surface area contributed by atoms with Crippen molar-refractivity contribution >= 4 is 23.4 Å². The fourth-order valence-electron chi connectivity index (χ4n) is 1.41. The van der Waals surface area contributed by atoms with Crippen molar-refractivity contribution in [3.05, 3.63) is 40.4 Å². The fourth-order valence-corrected chi connectivity index (χ4v) is 1.56. The van der Waals surface area contributed by atoms with E-state index in [4.69, 9.17) is 21.2 Å². The van der Waals surface area contributed by atoms with Crippen molar-refractivity contribution in [2.24, 2.45) is 0 Å². The van der Waals surface area contributed by atoms with E-state index in [1.807, 2.05) is 0 Å². The Morgan fingerprint density at radius 2 is 2.33 bits per heavy atom. The number of hydrogen-bond acceptors (Lipinski definition) is 5. The number of rotatable bonds is 4. The van der Waals surface area contributed by atoms with Crippen LogP contribution in [0.15, 0.2) is 22.7 Å². The first-order valence-corrected chi connectivity index (χ1v) is 5.50. The number of carbonyl (C=O) groups is 1. The van der Waals surface area contributed by atoms with Gasteiger partial charge in [0.15, 0.2) is 5.76 Å². The molecule has 0 saturated heterocycles. The zero-order valence-corrected chi connectivity index (χ0v) is 10.2. The van der Waals surface area contributed by atoms with Crippen molar-refractivity contribution in [1.82, 2.24) is 10.1 Å². The molecule has 2 N–H and O–H groups in total. The highest BCUT2D eigenvalue weighted by Crippen LogP contribution is 2.17. The standard InChI is InChI=1S/C11H10ClN3O3/c1-6-4-7(18-15-6)5-13-10-8(11(16)17)2-3-9(12)14-10/h2-4H,5H2,1H3,(H,13,14)(H,16,17). The van der Waals surface area contributed by atoms with Crippen LogP contribution in [-0.4, -0.2) is 21.2 Å². The Morgan fingerprint density at radius 3 is 2.94 bits per heavy atom. The van der Waals surface area contributed by atoms with Crippen molar-refractivity contribution in [2.45, 2.75) is 13.5 Å². The van der Waals surface area contributed by atoms with Gasteiger partial charge in [0, 0.05) is 6.07 Å². The zero-order chi connectivity index (χ0) is 13.1. The van der Waals surface area contributed by atoms with Gasteiger partial charge in [0.05, 0.1) is 12.2 Å². The molecule has 6 nitrogen and oxygen atoms in total. The van der Waals surface area contributed by atoms with E-state index < -0.39 is 5.97 Å². The highest BCUT2D eigenvalue weighted by Gasteiger charge is 2.12. The molecule has 7 heteroatoms. The van der Waals surface area contributed by atoms with Gasteiger partial charge in [-0.2, -0.15) is 0 Å². The third-order valence-electron chi connectivity index (χ3n) is 2.20. The van der Waals surface area contributed by atoms with Crippen LogP contribution in [0.3, 0.4) is 0 Å². The molecule has 0 atom stereocenters. The van der Waals surface area contributed by atoms with Crippen LogP contribution < -0.4 is 5.32 Å². The summed E-state index contributed by atoms with van der Waals surface area (Å²) in [6.45, 7) is 2.09. The monoisotopic (exact) mass is 267 g/mol. The summed E-state index contributed by atoms with van der Waals surface area (Å²) in [5.41, 5.74) is 0.806. The molecular formula is C11H10ClN3O3. The molecule has 2 aromatic rings. The van der Waals surface area contributed by atoms with Gasteiger partial charge in [-0.25, -0.2) is 9.78 Å². The molecule has 0 aliphatic heterocycles. The predicted octanol–water partition coefficient (Wildman–Crippen LogP) is 2.34. The number of halogens is 1. The number of anilines is 1. The van der Waals surface area contributed by atoms with Crippen LogP contribution in [0.2, 0.25) is 5.15 Å². The van der Waals surface area contributed by atoms with Crippen molar-refractivity contribution < 1.29 is 14.4 Å². The summed E-state index contributed by atoms with van der Waals surface area (Å²) in [4.78, 5) is 14.9. The van der Waals surface area contributed by atoms with Crippen molar-refractivity contribution in [1.29, 1.82) is 0 Å². The fraction of sp³-hybridized carbons (Fsp3) is 0.182. The van der Waals surface area contributed by atoms with Crippen LogP contribution in [0, 0.1) is 6.92 Å². The number of hydrogen-bond donors (Lipinski definition) is 2. The number of aromatic carboxylic acids is 1. The Hall–Kier alpha value is -2.08. The van der Waals surface area contributed by atoms with E-state index in [9.17, 15) is 4.79 Å². The summed E-state index contributed by atoms with van der Waals surface area (Å²) in [6, 6.07) is 4.57. The third-order valence-corrected chi connectivity index (χ3v) is 2.41. The zero-order valence-electron chi connectivity index (χ0n) is 9.48. The van der Waals surface area contributed by atoms with Crippen LogP contribution in [0.4, 0.5) is 5.82 Å². The maximum Gasteiger partial charge on any atom is 0.339 e. The Kier molecular flexibility index (Phi) is 3.47. The van der Waals surface area contributed by atoms with Gasteiger partial charge in [0.1, 0.15) is 16.5 Å². The topological polar surface area (TPSA) is 88.2 Å². The lowest BCUT2D eigenvalue weighted by Crippen LogP contribution is -2.08. The van der Waals surface area contributed by atoms with Gasteiger partial charge < -0.3 is 14.9 Å². The summed E-state index contributed by atoms with van der Waals surface area (Å²) in [7, 11) is 0. The summed E-state index contributed by atoms with van der Waals surface area (Å²) < 4.78 is 5.00. The third kappa shape index (κ3) is 2.78. The lowest BCUT2D eigenvalue weighted by molar-refractivity contribution is 0.0697. The first-order valence-electron chi connectivity index (χ1n) is 5.12. The Labute approximate surface area is 108 Å². The first-order chi connectivity index (χ1) is 8.56. The van der Waals surface area contributed by atoms with Gasteiger partial charge in [-0.05, 0) is 19.1 Å². The molecule has 0 saturated carbocycles. The molecule has 0 spiro atoms. The Balaban J connectivity index is 2.17. The van der Waals surface area contributed by atoms with E-state index in [1.54, 1.807) is 13.0 Å². The number of nitrogens with zero attached hydrogens (tertiary/aromatic N) is 2. The molecule has 0 fully saturated rings. The van der Waals surface area contributed by atoms with E-state index in [0.29, 0.717) is 5.76 Å². The highest BCUT2D eigenvalue weighted by atomic mass is 35.5. The van der Waals surface area contributed by atoms with Gasteiger partial charge in [0.25, 0.3) is 0 Å². The van der Waals surface area contributed by atoms with E-state index in [0.717, 1.165) is 5.69 Å². The highest BCUT2D eigenvalue weighted by molar-refractivity contribution is 6.29. The SMILES string of the molecule is Cc1cc(CNc2nc(Cl)ccc2C(=O)O)on1. The Bertz CT molecular complexity index is 583. The molecular weight excluding hydrogens is 258 g/mol. The molecule has 94 valence electrons. The maximum atomic E-state index is 11.0. The van der Waals surface area contributed by atoms with Crippen LogP contribution in [0.5, 0.6) is 0 Å². The van der Waals surface area contributed by atoms with Gasteiger partial charge in [0.2, 0.25) is 0 Å². The molecule has 18 heavy (non-hydrogen) atoms. The lowest BCUT2D eigenvalue weighted by Gasteiger charge is -2.06. The van der Waals surface area contributed by atoms with E-state index in [-0.39, 0.29) is 23.1 Å². The summed E-state index contributed by atoms with van der Waals surface area (Å²) >= 11 is 5.73. The number of nitrogens with one attached hydrogen (secondary N) is 1. The molecule has 0 bridgehead atoms. The summed E-state index contributed by atoms with van der Waals surface area (Å²) in [5, 5.41) is 15.8. The quantitative estimate of drug-likeness (QED) is 0.827. The summed E-state index contributed by atoms with van der Waals surface area (Å²) in [6.07, 6.45) is 0. The molecule has 2 aromatic heterocycles. The number of pyridine rings is 1. The second kappa shape index (κ2) is 5.05. The molecule has 0 amide bonds. The number of carboxylic acids is 1. The van der Waals surface area contributed by atoms with Crippen LogP contribution in [0.1, 0.15) is 21.8 Å².